The number of hydrogen-bond donors (Lipinski definition) is 1. The van der Waals surface area contributed by atoms with Crippen LogP contribution in [0.15, 0.2) is 18.5 Å². The van der Waals surface area contributed by atoms with Gasteiger partial charge in [0, 0.05) is 6.20 Å². The highest BCUT2D eigenvalue weighted by Crippen LogP contribution is 2.16. The second-order valence-corrected chi connectivity index (χ2v) is 4.28. The Morgan fingerprint density at radius 1 is 1.40 bits per heavy atom. The highest BCUT2D eigenvalue weighted by Gasteiger charge is 2.12. The molecule has 1 saturated heterocycles. The summed E-state index contributed by atoms with van der Waals surface area (Å²) in [6.07, 6.45) is 7.75. The fourth-order valence-electron chi connectivity index (χ4n) is 2.17. The molecule has 0 bridgehead atoms. The van der Waals surface area contributed by atoms with E-state index >= 15 is 0 Å². The molecule has 1 atom stereocenters. The van der Waals surface area contributed by atoms with E-state index in [-0.39, 0.29) is 5.82 Å². The zero-order valence-electron chi connectivity index (χ0n) is 8.88. The molecule has 15 heavy (non-hydrogen) atoms. The van der Waals surface area contributed by atoms with Gasteiger partial charge in [0.2, 0.25) is 0 Å². The van der Waals surface area contributed by atoms with Gasteiger partial charge in [0.15, 0.2) is 0 Å². The Labute approximate surface area is 89.9 Å². The lowest BCUT2D eigenvalue weighted by Crippen LogP contribution is -2.22. The maximum Gasteiger partial charge on any atom is 0.141 e. The Morgan fingerprint density at radius 3 is 3.20 bits per heavy atom. The first-order valence-electron chi connectivity index (χ1n) is 5.65. The van der Waals surface area contributed by atoms with Crippen LogP contribution in [-0.4, -0.2) is 18.1 Å². The van der Waals surface area contributed by atoms with Crippen LogP contribution in [0.2, 0.25) is 0 Å². The van der Waals surface area contributed by atoms with Gasteiger partial charge in [0.1, 0.15) is 5.82 Å². The number of rotatable bonds is 2. The predicted octanol–water partition coefficient (Wildman–Crippen LogP) is 2.15. The first kappa shape index (κ1) is 10.6. The van der Waals surface area contributed by atoms with Gasteiger partial charge in [-0.05, 0) is 49.9 Å². The maximum absolute atomic E-state index is 12.9. The summed E-state index contributed by atoms with van der Waals surface area (Å²) in [7, 11) is 0. The molecule has 1 aromatic heterocycles. The molecule has 1 unspecified atom stereocenters. The molecule has 0 aromatic carbocycles. The molecule has 82 valence electrons. The summed E-state index contributed by atoms with van der Waals surface area (Å²) < 4.78 is 12.9. The summed E-state index contributed by atoms with van der Waals surface area (Å²) in [6, 6.07) is 1.60. The van der Waals surface area contributed by atoms with Gasteiger partial charge in [-0.1, -0.05) is 6.42 Å². The lowest BCUT2D eigenvalue weighted by Gasteiger charge is -2.13. The second kappa shape index (κ2) is 5.21. The predicted molar refractivity (Wildman–Crippen MR) is 58.1 cm³/mol. The molecule has 2 rings (SSSR count). The van der Waals surface area contributed by atoms with Crippen molar-refractivity contribution in [3.63, 3.8) is 0 Å². The van der Waals surface area contributed by atoms with Crippen LogP contribution in [0.5, 0.6) is 0 Å². The van der Waals surface area contributed by atoms with Gasteiger partial charge in [-0.3, -0.25) is 4.98 Å². The second-order valence-electron chi connectivity index (χ2n) is 4.28. The van der Waals surface area contributed by atoms with Gasteiger partial charge in [0.25, 0.3) is 0 Å². The van der Waals surface area contributed by atoms with E-state index in [9.17, 15) is 4.39 Å². The first-order chi connectivity index (χ1) is 7.34. The molecular weight excluding hydrogens is 191 g/mol. The van der Waals surface area contributed by atoms with E-state index < -0.39 is 0 Å². The van der Waals surface area contributed by atoms with Crippen molar-refractivity contribution in [3.8, 4) is 0 Å². The monoisotopic (exact) mass is 208 g/mol. The smallest absolute Gasteiger partial charge is 0.141 e. The number of pyridine rings is 1. The number of aromatic nitrogens is 1. The Bertz CT molecular complexity index is 306. The third-order valence-electron chi connectivity index (χ3n) is 2.93. The highest BCUT2D eigenvalue weighted by atomic mass is 19.1. The third kappa shape index (κ3) is 3.27. The first-order valence-corrected chi connectivity index (χ1v) is 5.65. The lowest BCUT2D eigenvalue weighted by atomic mass is 9.96. The van der Waals surface area contributed by atoms with E-state index in [2.05, 4.69) is 10.3 Å². The molecule has 0 radical (unpaired) electrons. The number of nitrogens with zero attached hydrogens (tertiary/aromatic N) is 1. The van der Waals surface area contributed by atoms with E-state index in [0.717, 1.165) is 25.1 Å². The minimum Gasteiger partial charge on any atom is -0.316 e. The lowest BCUT2D eigenvalue weighted by molar-refractivity contribution is 0.475. The van der Waals surface area contributed by atoms with Crippen molar-refractivity contribution in [2.75, 3.05) is 13.1 Å². The number of hydrogen-bond acceptors (Lipinski definition) is 2. The Kier molecular flexibility index (Phi) is 3.67. The molecule has 1 aromatic rings. The standard InChI is InChI=1S/C12H17FN2/c13-12-6-11(8-15-9-12)5-10-3-1-2-4-14-7-10/h6,8-10,14H,1-5,7H2. The molecule has 2 heterocycles. The van der Waals surface area contributed by atoms with Crippen molar-refractivity contribution in [1.82, 2.24) is 10.3 Å². The van der Waals surface area contributed by atoms with Crippen LogP contribution < -0.4 is 5.32 Å². The van der Waals surface area contributed by atoms with Crippen LogP contribution >= 0.6 is 0 Å². The van der Waals surface area contributed by atoms with Crippen molar-refractivity contribution in [2.45, 2.75) is 25.7 Å². The van der Waals surface area contributed by atoms with E-state index in [1.165, 1.54) is 25.5 Å². The molecular formula is C12H17FN2. The number of halogens is 1. The van der Waals surface area contributed by atoms with Gasteiger partial charge < -0.3 is 5.32 Å². The largest absolute Gasteiger partial charge is 0.316 e. The molecule has 0 spiro atoms. The van der Waals surface area contributed by atoms with E-state index in [4.69, 9.17) is 0 Å². The van der Waals surface area contributed by atoms with Crippen LogP contribution in [0.3, 0.4) is 0 Å². The Morgan fingerprint density at radius 2 is 2.33 bits per heavy atom. The average molecular weight is 208 g/mol. The van der Waals surface area contributed by atoms with Gasteiger partial charge in [0.05, 0.1) is 6.20 Å². The van der Waals surface area contributed by atoms with E-state index in [1.807, 2.05) is 0 Å². The zero-order valence-corrected chi connectivity index (χ0v) is 8.88. The van der Waals surface area contributed by atoms with E-state index in [1.54, 1.807) is 12.3 Å². The molecule has 1 N–H and O–H groups in total. The van der Waals surface area contributed by atoms with Gasteiger partial charge in [-0.15, -0.1) is 0 Å². The minimum atomic E-state index is -0.228. The summed E-state index contributed by atoms with van der Waals surface area (Å²) in [6.45, 7) is 2.18. The summed E-state index contributed by atoms with van der Waals surface area (Å²) in [4.78, 5) is 3.88. The average Bonchev–Trinajstić information content (AvgIpc) is 2.46. The summed E-state index contributed by atoms with van der Waals surface area (Å²) in [5.41, 5.74) is 1.02. The van der Waals surface area contributed by atoms with Crippen LogP contribution in [0.25, 0.3) is 0 Å². The van der Waals surface area contributed by atoms with Crippen molar-refractivity contribution < 1.29 is 4.39 Å². The normalized spacial score (nSPS) is 22.3. The van der Waals surface area contributed by atoms with Crippen molar-refractivity contribution in [3.05, 3.63) is 29.8 Å². The van der Waals surface area contributed by atoms with E-state index in [0.29, 0.717) is 5.92 Å². The Balaban J connectivity index is 1.95. The van der Waals surface area contributed by atoms with Crippen LogP contribution in [0, 0.1) is 11.7 Å². The van der Waals surface area contributed by atoms with Gasteiger partial charge in [-0.25, -0.2) is 4.39 Å². The SMILES string of the molecule is Fc1cncc(CC2CCCCNC2)c1. The zero-order chi connectivity index (χ0) is 10.5. The molecule has 3 heteroatoms. The summed E-state index contributed by atoms with van der Waals surface area (Å²) in [5, 5.41) is 3.42. The highest BCUT2D eigenvalue weighted by molar-refractivity contribution is 5.11. The Hall–Kier alpha value is -0.960. The minimum absolute atomic E-state index is 0.228. The third-order valence-corrected chi connectivity index (χ3v) is 2.93. The van der Waals surface area contributed by atoms with Crippen molar-refractivity contribution in [2.24, 2.45) is 5.92 Å². The molecule has 1 aliphatic heterocycles. The fourth-order valence-corrected chi connectivity index (χ4v) is 2.17. The molecule has 0 amide bonds. The molecule has 0 aliphatic carbocycles. The van der Waals surface area contributed by atoms with Gasteiger partial charge in [-0.2, -0.15) is 0 Å². The summed E-state index contributed by atoms with van der Waals surface area (Å²) >= 11 is 0. The molecule has 1 fully saturated rings. The van der Waals surface area contributed by atoms with Crippen LogP contribution in [0.4, 0.5) is 4.39 Å². The fraction of sp³-hybridized carbons (Fsp3) is 0.583. The molecule has 1 aliphatic rings. The number of nitrogens with one attached hydrogen (secondary N) is 1. The van der Waals surface area contributed by atoms with Gasteiger partial charge >= 0.3 is 0 Å². The van der Waals surface area contributed by atoms with Crippen molar-refractivity contribution in [1.29, 1.82) is 0 Å². The quantitative estimate of drug-likeness (QED) is 0.805. The maximum atomic E-state index is 12.9. The molecule has 2 nitrogen and oxygen atoms in total. The molecule has 0 saturated carbocycles. The van der Waals surface area contributed by atoms with Crippen LogP contribution in [0.1, 0.15) is 24.8 Å². The summed E-state index contributed by atoms with van der Waals surface area (Å²) in [5.74, 6) is 0.408. The van der Waals surface area contributed by atoms with Crippen molar-refractivity contribution >= 4 is 0 Å². The topological polar surface area (TPSA) is 24.9 Å². The van der Waals surface area contributed by atoms with Crippen LogP contribution in [-0.2, 0) is 6.42 Å².